The monoisotopic (exact) mass is 1120 g/mol. The molecule has 0 aromatic rings. The number of carbonyl (C=O) groups is 2. The Balaban J connectivity index is 3.43. The molecule has 80 heavy (non-hydrogen) atoms. The Labute approximate surface area is 500 Å². The zero-order chi connectivity index (χ0) is 57.8. The molecule has 0 aromatic carbocycles. The Hall–Kier alpha value is -1.92. The molecule has 0 radical (unpaired) electrons. The molecule has 0 aliphatic rings. The van der Waals surface area contributed by atoms with Gasteiger partial charge in [0.15, 0.2) is 0 Å². The van der Waals surface area contributed by atoms with Crippen LogP contribution in [-0.4, -0.2) is 47.4 Å². The number of unbranched alkanes of at least 4 members (excludes halogenated alkanes) is 51. The summed E-state index contributed by atoms with van der Waals surface area (Å²) in [6, 6.07) is -0.548. The lowest BCUT2D eigenvalue weighted by Gasteiger charge is -2.22. The van der Waals surface area contributed by atoms with Crippen LogP contribution >= 0.6 is 0 Å². The summed E-state index contributed by atoms with van der Waals surface area (Å²) in [7, 11) is 0. The van der Waals surface area contributed by atoms with Crippen LogP contribution in [0.3, 0.4) is 0 Å². The first-order valence-electron chi connectivity index (χ1n) is 36.2. The third-order valence-corrected chi connectivity index (χ3v) is 16.9. The predicted molar refractivity (Wildman–Crippen MR) is 352 cm³/mol. The molecule has 0 aromatic heterocycles. The van der Waals surface area contributed by atoms with Gasteiger partial charge in [-0.3, -0.25) is 9.59 Å². The zero-order valence-corrected chi connectivity index (χ0v) is 54.1. The van der Waals surface area contributed by atoms with Crippen molar-refractivity contribution >= 4 is 11.9 Å². The standard InChI is InChI=1S/C74H141NO5/c1-3-5-7-9-11-13-15-17-19-20-21-22-23-27-30-33-36-39-42-46-50-54-58-62-66-72(77)71(70-76)75-73(78)67-63-59-55-51-47-43-40-37-34-31-28-25-24-26-29-32-35-38-41-45-49-53-57-61-65-69-80-74(79)68-64-60-56-52-48-44-18-16-14-12-10-8-6-4-2/h16,18,25-26,28-29,71-72,76-77H,3-15,17,19-24,27,30-70H2,1-2H3,(H,75,78)/b18-16-,28-25-,29-26-. The highest BCUT2D eigenvalue weighted by molar-refractivity contribution is 5.76. The van der Waals surface area contributed by atoms with Crippen molar-refractivity contribution in [1.29, 1.82) is 0 Å². The quantitative estimate of drug-likeness (QED) is 0.0320. The minimum Gasteiger partial charge on any atom is -0.466 e. The maximum Gasteiger partial charge on any atom is 0.305 e. The fourth-order valence-corrected chi connectivity index (χ4v) is 11.4. The highest BCUT2D eigenvalue weighted by Crippen LogP contribution is 2.19. The van der Waals surface area contributed by atoms with Crippen molar-refractivity contribution in [2.24, 2.45) is 0 Å². The van der Waals surface area contributed by atoms with Crippen molar-refractivity contribution in [2.75, 3.05) is 13.2 Å². The van der Waals surface area contributed by atoms with Crippen LogP contribution in [0, 0.1) is 0 Å². The maximum absolute atomic E-state index is 12.6. The normalized spacial score (nSPS) is 12.7. The van der Waals surface area contributed by atoms with Gasteiger partial charge in [-0.1, -0.05) is 339 Å². The molecule has 6 nitrogen and oxygen atoms in total. The summed E-state index contributed by atoms with van der Waals surface area (Å²) in [6.45, 7) is 4.97. The van der Waals surface area contributed by atoms with E-state index in [0.29, 0.717) is 25.9 Å². The average molecular weight is 1120 g/mol. The lowest BCUT2D eigenvalue weighted by Crippen LogP contribution is -2.45. The Morgan fingerprint density at radius 3 is 0.963 bits per heavy atom. The van der Waals surface area contributed by atoms with Crippen LogP contribution in [0.4, 0.5) is 0 Å². The Morgan fingerprint density at radius 2 is 0.625 bits per heavy atom. The fourth-order valence-electron chi connectivity index (χ4n) is 11.4. The number of allylic oxidation sites excluding steroid dienone is 6. The van der Waals surface area contributed by atoms with Crippen LogP contribution in [0.5, 0.6) is 0 Å². The molecule has 6 heteroatoms. The Morgan fingerprint density at radius 1 is 0.350 bits per heavy atom. The van der Waals surface area contributed by atoms with Crippen molar-refractivity contribution < 1.29 is 24.5 Å². The second-order valence-electron chi connectivity index (χ2n) is 24.9. The second-order valence-corrected chi connectivity index (χ2v) is 24.9. The van der Waals surface area contributed by atoms with E-state index in [0.717, 1.165) is 51.4 Å². The van der Waals surface area contributed by atoms with Crippen molar-refractivity contribution in [3.8, 4) is 0 Å². The molecule has 0 saturated carbocycles. The molecule has 472 valence electrons. The number of carbonyl (C=O) groups excluding carboxylic acids is 2. The van der Waals surface area contributed by atoms with E-state index in [9.17, 15) is 19.8 Å². The maximum atomic E-state index is 12.6. The van der Waals surface area contributed by atoms with Crippen molar-refractivity contribution in [3.05, 3.63) is 36.5 Å². The van der Waals surface area contributed by atoms with Crippen LogP contribution in [0.15, 0.2) is 36.5 Å². The molecule has 0 bridgehead atoms. The van der Waals surface area contributed by atoms with Gasteiger partial charge in [0.05, 0.1) is 25.4 Å². The number of amides is 1. The van der Waals surface area contributed by atoms with E-state index in [-0.39, 0.29) is 18.5 Å². The first kappa shape index (κ1) is 78.1. The number of aliphatic hydroxyl groups is 2. The minimum atomic E-state index is -0.670. The van der Waals surface area contributed by atoms with Gasteiger partial charge in [0.1, 0.15) is 0 Å². The molecule has 0 aliphatic heterocycles. The summed E-state index contributed by atoms with van der Waals surface area (Å²) in [5.41, 5.74) is 0. The Bertz CT molecular complexity index is 1300. The number of rotatable bonds is 68. The first-order valence-corrected chi connectivity index (χ1v) is 36.2. The summed E-state index contributed by atoms with van der Waals surface area (Å²) in [5, 5.41) is 23.4. The van der Waals surface area contributed by atoms with Gasteiger partial charge < -0.3 is 20.3 Å². The van der Waals surface area contributed by atoms with Gasteiger partial charge in [-0.05, 0) is 83.5 Å². The summed E-state index contributed by atoms with van der Waals surface area (Å²) in [4.78, 5) is 24.6. The number of aliphatic hydroxyl groups excluding tert-OH is 2. The molecule has 2 atom stereocenters. The van der Waals surface area contributed by atoms with E-state index in [4.69, 9.17) is 4.74 Å². The van der Waals surface area contributed by atoms with E-state index >= 15 is 0 Å². The van der Waals surface area contributed by atoms with Crippen LogP contribution in [0.1, 0.15) is 399 Å². The lowest BCUT2D eigenvalue weighted by molar-refractivity contribution is -0.143. The van der Waals surface area contributed by atoms with Gasteiger partial charge in [-0.2, -0.15) is 0 Å². The molecule has 0 fully saturated rings. The van der Waals surface area contributed by atoms with E-state index in [1.165, 1.54) is 315 Å². The molecule has 0 rings (SSSR count). The molecule has 0 aliphatic carbocycles. The number of ether oxygens (including phenoxy) is 1. The molecule has 0 spiro atoms. The van der Waals surface area contributed by atoms with Gasteiger partial charge in [-0.25, -0.2) is 0 Å². The third-order valence-electron chi connectivity index (χ3n) is 16.9. The highest BCUT2D eigenvalue weighted by atomic mass is 16.5. The Kier molecular flexibility index (Phi) is 67.9. The lowest BCUT2D eigenvalue weighted by atomic mass is 10.0. The number of nitrogens with one attached hydrogen (secondary N) is 1. The molecular formula is C74H141NO5. The van der Waals surface area contributed by atoms with Crippen LogP contribution < -0.4 is 5.32 Å². The van der Waals surface area contributed by atoms with E-state index in [1.807, 2.05) is 0 Å². The van der Waals surface area contributed by atoms with Gasteiger partial charge in [0.2, 0.25) is 5.91 Å². The number of hydrogen-bond acceptors (Lipinski definition) is 5. The van der Waals surface area contributed by atoms with Crippen LogP contribution in [0.2, 0.25) is 0 Å². The minimum absolute atomic E-state index is 0.00109. The van der Waals surface area contributed by atoms with E-state index in [2.05, 4.69) is 55.6 Å². The molecule has 0 heterocycles. The first-order chi connectivity index (χ1) is 39.5. The predicted octanol–water partition coefficient (Wildman–Crippen LogP) is 23.5. The van der Waals surface area contributed by atoms with E-state index < -0.39 is 12.1 Å². The van der Waals surface area contributed by atoms with Gasteiger partial charge >= 0.3 is 5.97 Å². The summed E-state index contributed by atoms with van der Waals surface area (Å²) in [5.74, 6) is -0.0357. The molecule has 2 unspecified atom stereocenters. The molecule has 1 amide bonds. The number of esters is 1. The van der Waals surface area contributed by atoms with Crippen LogP contribution in [0.25, 0.3) is 0 Å². The third kappa shape index (κ3) is 65.2. The summed E-state index contributed by atoms with van der Waals surface area (Å²) in [6.07, 6.45) is 89.1. The van der Waals surface area contributed by atoms with Gasteiger partial charge in [-0.15, -0.1) is 0 Å². The van der Waals surface area contributed by atoms with Gasteiger partial charge in [0.25, 0.3) is 0 Å². The van der Waals surface area contributed by atoms with E-state index in [1.54, 1.807) is 0 Å². The van der Waals surface area contributed by atoms with Crippen molar-refractivity contribution in [3.63, 3.8) is 0 Å². The van der Waals surface area contributed by atoms with Crippen molar-refractivity contribution in [1.82, 2.24) is 5.32 Å². The SMILES string of the molecule is CCCCCCC/C=C\CCCCCCCC(=O)OCCCCCCCCCCC/C=C\C/C=C\CCCCCCCCCCCC(=O)NC(CO)C(O)CCCCCCCCCCCCCCCCCCCCCCCCCC. The zero-order valence-electron chi connectivity index (χ0n) is 54.1. The number of hydrogen-bond donors (Lipinski definition) is 3. The summed E-state index contributed by atoms with van der Waals surface area (Å²) < 4.78 is 5.48. The largest absolute Gasteiger partial charge is 0.466 e. The second kappa shape index (κ2) is 69.6. The summed E-state index contributed by atoms with van der Waals surface area (Å²) >= 11 is 0. The average Bonchev–Trinajstić information content (AvgIpc) is 3.46. The smallest absolute Gasteiger partial charge is 0.305 e. The molecular weight excluding hydrogens is 983 g/mol. The van der Waals surface area contributed by atoms with Gasteiger partial charge in [0, 0.05) is 12.8 Å². The molecule has 0 saturated heterocycles. The highest BCUT2D eigenvalue weighted by Gasteiger charge is 2.20. The topological polar surface area (TPSA) is 95.9 Å². The molecule has 3 N–H and O–H groups in total. The van der Waals surface area contributed by atoms with Crippen molar-refractivity contribution in [2.45, 2.75) is 411 Å². The fraction of sp³-hybridized carbons (Fsp3) is 0.892. The van der Waals surface area contributed by atoms with Crippen LogP contribution in [-0.2, 0) is 14.3 Å².